The predicted molar refractivity (Wildman–Crippen MR) is 104 cm³/mol. The van der Waals surface area contributed by atoms with Gasteiger partial charge in [0.2, 0.25) is 0 Å². The maximum atomic E-state index is 12.5. The molecule has 0 aliphatic carbocycles. The number of likely N-dealkylation sites (tertiary alicyclic amines) is 1. The van der Waals surface area contributed by atoms with Crippen LogP contribution in [0.3, 0.4) is 0 Å². The lowest BCUT2D eigenvalue weighted by Crippen LogP contribution is -2.60. The van der Waals surface area contributed by atoms with Crippen LogP contribution in [-0.2, 0) is 9.59 Å². The molecule has 27 heavy (non-hydrogen) atoms. The van der Waals surface area contributed by atoms with Crippen molar-refractivity contribution in [3.05, 3.63) is 34.3 Å². The van der Waals surface area contributed by atoms with Crippen molar-refractivity contribution in [3.8, 4) is 0 Å². The predicted octanol–water partition coefficient (Wildman–Crippen LogP) is 0.560. The van der Waals surface area contributed by atoms with Crippen LogP contribution in [0.15, 0.2) is 28.7 Å². The lowest BCUT2D eigenvalue weighted by atomic mass is 9.73. The number of aliphatic hydroxyl groups is 2. The van der Waals surface area contributed by atoms with E-state index in [1.54, 1.807) is 11.8 Å². The summed E-state index contributed by atoms with van der Waals surface area (Å²) in [6.45, 7) is 4.80. The zero-order chi connectivity index (χ0) is 19.6. The average molecular weight is 440 g/mol. The van der Waals surface area contributed by atoms with Crippen LogP contribution in [-0.4, -0.2) is 65.3 Å². The van der Waals surface area contributed by atoms with Gasteiger partial charge in [0.1, 0.15) is 0 Å². The van der Waals surface area contributed by atoms with Crippen molar-refractivity contribution >= 4 is 27.7 Å². The van der Waals surface area contributed by atoms with E-state index in [1.165, 1.54) is 0 Å². The van der Waals surface area contributed by atoms with E-state index in [0.717, 1.165) is 36.0 Å². The van der Waals surface area contributed by atoms with E-state index in [9.17, 15) is 19.8 Å². The van der Waals surface area contributed by atoms with Crippen LogP contribution in [0.1, 0.15) is 31.4 Å². The highest BCUT2D eigenvalue weighted by molar-refractivity contribution is 9.10. The molecule has 1 aromatic rings. The van der Waals surface area contributed by atoms with Crippen LogP contribution < -0.4 is 10.6 Å². The molecule has 0 saturated carbocycles. The molecule has 148 valence electrons. The molecular weight excluding hydrogens is 414 g/mol. The zero-order valence-electron chi connectivity index (χ0n) is 15.3. The van der Waals surface area contributed by atoms with Gasteiger partial charge in [-0.3, -0.25) is 9.59 Å². The Morgan fingerprint density at radius 3 is 2.26 bits per heavy atom. The Morgan fingerprint density at radius 1 is 1.15 bits per heavy atom. The molecule has 2 amide bonds. The first-order valence-corrected chi connectivity index (χ1v) is 10.0. The molecule has 3 rings (SSSR count). The van der Waals surface area contributed by atoms with E-state index in [2.05, 4.69) is 26.6 Å². The maximum absolute atomic E-state index is 12.5. The fraction of sp³-hybridized carbons (Fsp3) is 0.579. The van der Waals surface area contributed by atoms with Gasteiger partial charge in [-0.25, -0.2) is 0 Å². The molecule has 0 unspecified atom stereocenters. The van der Waals surface area contributed by atoms with Crippen LogP contribution in [0.4, 0.5) is 0 Å². The van der Waals surface area contributed by atoms with Crippen LogP contribution in [0.5, 0.6) is 0 Å². The third-order valence-electron chi connectivity index (χ3n) is 5.69. The molecule has 0 aromatic heterocycles. The summed E-state index contributed by atoms with van der Waals surface area (Å²) in [5.74, 6) is -1.35. The minimum Gasteiger partial charge on any atom is -0.380 e. The molecule has 2 fully saturated rings. The van der Waals surface area contributed by atoms with Crippen molar-refractivity contribution in [1.29, 1.82) is 0 Å². The van der Waals surface area contributed by atoms with Crippen molar-refractivity contribution < 1.29 is 19.8 Å². The van der Waals surface area contributed by atoms with E-state index >= 15 is 0 Å². The largest absolute Gasteiger partial charge is 0.380 e. The van der Waals surface area contributed by atoms with Gasteiger partial charge in [-0.05, 0) is 42.9 Å². The van der Waals surface area contributed by atoms with E-state index in [0.29, 0.717) is 13.1 Å². The Morgan fingerprint density at radius 2 is 1.74 bits per heavy atom. The SMILES string of the molecule is C[C@H](NC(=O)[C@H](O)[C@@H](O)C(=O)N1CCC2(CC1)CNC2)c1ccc(Br)cc1. The van der Waals surface area contributed by atoms with Gasteiger partial charge >= 0.3 is 0 Å². The second-order valence-corrected chi connectivity index (χ2v) is 8.52. The summed E-state index contributed by atoms with van der Waals surface area (Å²) in [6, 6.07) is 7.05. The van der Waals surface area contributed by atoms with Crippen LogP contribution in [0.25, 0.3) is 0 Å². The quantitative estimate of drug-likeness (QED) is 0.536. The third kappa shape index (κ3) is 4.51. The summed E-state index contributed by atoms with van der Waals surface area (Å²) >= 11 is 3.35. The fourth-order valence-corrected chi connectivity index (χ4v) is 3.90. The van der Waals surface area contributed by atoms with E-state index in [4.69, 9.17) is 0 Å². The Hall–Kier alpha value is -1.48. The normalized spacial score (nSPS) is 21.9. The molecular formula is C19H26BrN3O4. The smallest absolute Gasteiger partial charge is 0.254 e. The van der Waals surface area contributed by atoms with Crippen molar-refractivity contribution in [3.63, 3.8) is 0 Å². The van der Waals surface area contributed by atoms with Gasteiger partial charge in [0.15, 0.2) is 12.2 Å². The number of carbonyl (C=O) groups is 2. The topological polar surface area (TPSA) is 102 Å². The van der Waals surface area contributed by atoms with Gasteiger partial charge < -0.3 is 25.7 Å². The minimum atomic E-state index is -1.79. The molecule has 1 aromatic carbocycles. The second-order valence-electron chi connectivity index (χ2n) is 7.60. The molecule has 0 bridgehead atoms. The molecule has 2 heterocycles. The fourth-order valence-electron chi connectivity index (χ4n) is 3.63. The number of halogens is 1. The number of hydrogen-bond donors (Lipinski definition) is 4. The number of hydrogen-bond acceptors (Lipinski definition) is 5. The lowest BCUT2D eigenvalue weighted by molar-refractivity contribution is -0.155. The summed E-state index contributed by atoms with van der Waals surface area (Å²) in [4.78, 5) is 26.3. The molecule has 3 atom stereocenters. The number of aliphatic hydroxyl groups excluding tert-OH is 2. The summed E-state index contributed by atoms with van der Waals surface area (Å²) in [7, 11) is 0. The molecule has 1 spiro atoms. The van der Waals surface area contributed by atoms with Crippen LogP contribution >= 0.6 is 15.9 Å². The molecule has 7 nitrogen and oxygen atoms in total. The zero-order valence-corrected chi connectivity index (χ0v) is 16.9. The highest BCUT2D eigenvalue weighted by Crippen LogP contribution is 2.35. The standard InChI is InChI=1S/C19H26BrN3O4/c1-12(13-2-4-14(20)5-3-13)22-17(26)15(24)16(25)18(27)23-8-6-19(7-9-23)10-21-11-19/h2-5,12,15-16,21,24-25H,6-11H2,1H3,(H,22,26)/t12-,15+,16+/m0/s1. The lowest BCUT2D eigenvalue weighted by Gasteiger charge is -2.48. The molecule has 2 aliphatic heterocycles. The number of carbonyl (C=O) groups excluding carboxylic acids is 2. The molecule has 0 radical (unpaired) electrons. The number of rotatable bonds is 5. The average Bonchev–Trinajstić information content (AvgIpc) is 2.65. The van der Waals surface area contributed by atoms with Gasteiger partial charge in [-0.1, -0.05) is 28.1 Å². The van der Waals surface area contributed by atoms with E-state index < -0.39 is 24.0 Å². The number of piperidine rings is 1. The van der Waals surface area contributed by atoms with E-state index in [1.807, 2.05) is 24.3 Å². The Bertz CT molecular complexity index is 683. The van der Waals surface area contributed by atoms with Gasteiger partial charge in [0.05, 0.1) is 6.04 Å². The minimum absolute atomic E-state index is 0.276. The van der Waals surface area contributed by atoms with Gasteiger partial charge in [0, 0.05) is 30.7 Å². The monoisotopic (exact) mass is 439 g/mol. The number of amides is 2. The summed E-state index contributed by atoms with van der Waals surface area (Å²) in [6.07, 6.45) is -1.80. The van der Waals surface area contributed by atoms with Gasteiger partial charge in [-0.15, -0.1) is 0 Å². The Balaban J connectivity index is 1.52. The number of nitrogens with one attached hydrogen (secondary N) is 2. The van der Waals surface area contributed by atoms with Crippen molar-refractivity contribution in [2.24, 2.45) is 5.41 Å². The number of benzene rings is 1. The molecule has 2 saturated heterocycles. The summed E-state index contributed by atoms with van der Waals surface area (Å²) in [5.41, 5.74) is 1.13. The second kappa shape index (κ2) is 8.26. The van der Waals surface area contributed by atoms with Crippen LogP contribution in [0.2, 0.25) is 0 Å². The highest BCUT2D eigenvalue weighted by atomic mass is 79.9. The first-order valence-electron chi connectivity index (χ1n) is 9.23. The summed E-state index contributed by atoms with van der Waals surface area (Å²) < 4.78 is 0.923. The first kappa shape index (κ1) is 20.3. The van der Waals surface area contributed by atoms with Gasteiger partial charge in [0.25, 0.3) is 11.8 Å². The Labute approximate surface area is 167 Å². The maximum Gasteiger partial charge on any atom is 0.254 e. The van der Waals surface area contributed by atoms with E-state index in [-0.39, 0.29) is 11.5 Å². The first-order chi connectivity index (χ1) is 12.8. The summed E-state index contributed by atoms with van der Waals surface area (Å²) in [5, 5.41) is 26.3. The number of nitrogens with zero attached hydrogens (tertiary/aromatic N) is 1. The van der Waals surface area contributed by atoms with Crippen molar-refractivity contribution in [1.82, 2.24) is 15.5 Å². The third-order valence-corrected chi connectivity index (χ3v) is 6.21. The molecule has 2 aliphatic rings. The molecule has 4 N–H and O–H groups in total. The highest BCUT2D eigenvalue weighted by Gasteiger charge is 2.42. The van der Waals surface area contributed by atoms with Crippen molar-refractivity contribution in [2.75, 3.05) is 26.2 Å². The Kier molecular flexibility index (Phi) is 6.20. The van der Waals surface area contributed by atoms with Crippen molar-refractivity contribution in [2.45, 2.75) is 38.0 Å². The van der Waals surface area contributed by atoms with Crippen LogP contribution in [0, 0.1) is 5.41 Å². The van der Waals surface area contributed by atoms with Gasteiger partial charge in [-0.2, -0.15) is 0 Å². The molecule has 8 heteroatoms.